The standard InChI is InChI=1S/C18H13FN2O/c19-15-8-3-5-13(11-15)12-20-21-18(22)17-10-4-7-14-6-1-2-9-16(14)17/h1-12H,(H,21,22). The highest BCUT2D eigenvalue weighted by atomic mass is 19.1. The fraction of sp³-hybridized carbons (Fsp3) is 0. The number of hydrazone groups is 1. The largest absolute Gasteiger partial charge is 0.271 e. The van der Waals surface area contributed by atoms with Gasteiger partial charge >= 0.3 is 0 Å². The van der Waals surface area contributed by atoms with E-state index in [9.17, 15) is 9.18 Å². The number of carbonyl (C=O) groups excluding carboxylic acids is 1. The number of rotatable bonds is 3. The van der Waals surface area contributed by atoms with Crippen LogP contribution in [-0.2, 0) is 0 Å². The van der Waals surface area contributed by atoms with Crippen LogP contribution in [0.15, 0.2) is 71.8 Å². The average molecular weight is 292 g/mol. The van der Waals surface area contributed by atoms with Crippen LogP contribution < -0.4 is 5.43 Å². The Bertz CT molecular complexity index is 853. The number of halogens is 1. The summed E-state index contributed by atoms with van der Waals surface area (Å²) < 4.78 is 13.0. The number of amides is 1. The van der Waals surface area contributed by atoms with E-state index < -0.39 is 0 Å². The van der Waals surface area contributed by atoms with Crippen molar-refractivity contribution in [2.75, 3.05) is 0 Å². The highest BCUT2D eigenvalue weighted by Crippen LogP contribution is 2.18. The van der Waals surface area contributed by atoms with Crippen molar-refractivity contribution in [1.82, 2.24) is 5.43 Å². The van der Waals surface area contributed by atoms with E-state index in [-0.39, 0.29) is 11.7 Å². The minimum atomic E-state index is -0.343. The summed E-state index contributed by atoms with van der Waals surface area (Å²) in [4.78, 5) is 12.2. The molecular weight excluding hydrogens is 279 g/mol. The summed E-state index contributed by atoms with van der Waals surface area (Å²) in [6.45, 7) is 0. The number of nitrogens with one attached hydrogen (secondary N) is 1. The molecule has 3 rings (SSSR count). The van der Waals surface area contributed by atoms with Gasteiger partial charge in [-0.1, -0.05) is 48.5 Å². The lowest BCUT2D eigenvalue weighted by Crippen LogP contribution is -2.17. The molecular formula is C18H13FN2O. The van der Waals surface area contributed by atoms with Crippen molar-refractivity contribution in [3.63, 3.8) is 0 Å². The first-order chi connectivity index (χ1) is 10.7. The van der Waals surface area contributed by atoms with Crippen LogP contribution in [-0.4, -0.2) is 12.1 Å². The lowest BCUT2D eigenvalue weighted by molar-refractivity contribution is 0.0957. The number of hydrogen-bond acceptors (Lipinski definition) is 2. The normalized spacial score (nSPS) is 11.0. The van der Waals surface area contributed by atoms with Gasteiger partial charge in [0.2, 0.25) is 0 Å². The predicted molar refractivity (Wildman–Crippen MR) is 85.4 cm³/mol. The first-order valence-corrected chi connectivity index (χ1v) is 6.81. The van der Waals surface area contributed by atoms with Gasteiger partial charge < -0.3 is 0 Å². The Balaban J connectivity index is 1.79. The molecule has 0 aliphatic rings. The van der Waals surface area contributed by atoms with Crippen molar-refractivity contribution < 1.29 is 9.18 Å². The minimum absolute atomic E-state index is 0.301. The van der Waals surface area contributed by atoms with Crippen molar-refractivity contribution in [3.8, 4) is 0 Å². The van der Waals surface area contributed by atoms with Gasteiger partial charge in [0.25, 0.3) is 5.91 Å². The van der Waals surface area contributed by atoms with E-state index in [1.807, 2.05) is 36.4 Å². The molecule has 0 saturated heterocycles. The smallest absolute Gasteiger partial charge is 0.267 e. The van der Waals surface area contributed by atoms with Crippen LogP contribution >= 0.6 is 0 Å². The molecule has 0 aliphatic carbocycles. The van der Waals surface area contributed by atoms with Crippen LogP contribution in [0, 0.1) is 5.82 Å². The second-order valence-electron chi connectivity index (χ2n) is 4.78. The molecule has 0 heterocycles. The minimum Gasteiger partial charge on any atom is -0.267 e. The molecule has 0 fully saturated rings. The van der Waals surface area contributed by atoms with Gasteiger partial charge in [0, 0.05) is 5.56 Å². The molecule has 3 aromatic carbocycles. The zero-order chi connectivity index (χ0) is 15.4. The maximum absolute atomic E-state index is 13.0. The molecule has 1 amide bonds. The van der Waals surface area contributed by atoms with Crippen LogP contribution in [0.3, 0.4) is 0 Å². The monoisotopic (exact) mass is 292 g/mol. The van der Waals surface area contributed by atoms with E-state index in [2.05, 4.69) is 10.5 Å². The van der Waals surface area contributed by atoms with Crippen molar-refractivity contribution in [2.24, 2.45) is 5.10 Å². The zero-order valence-corrected chi connectivity index (χ0v) is 11.7. The third-order valence-electron chi connectivity index (χ3n) is 3.26. The summed E-state index contributed by atoms with van der Waals surface area (Å²) in [5, 5.41) is 5.73. The van der Waals surface area contributed by atoms with Crippen LogP contribution in [0.4, 0.5) is 4.39 Å². The summed E-state index contributed by atoms with van der Waals surface area (Å²) >= 11 is 0. The fourth-order valence-corrected chi connectivity index (χ4v) is 2.24. The summed E-state index contributed by atoms with van der Waals surface area (Å²) in [6.07, 6.45) is 1.41. The Kier molecular flexibility index (Phi) is 3.92. The molecule has 0 unspecified atom stereocenters. The molecule has 108 valence electrons. The highest BCUT2D eigenvalue weighted by Gasteiger charge is 2.08. The van der Waals surface area contributed by atoms with Gasteiger partial charge in [-0.2, -0.15) is 5.10 Å². The zero-order valence-electron chi connectivity index (χ0n) is 11.7. The van der Waals surface area contributed by atoms with E-state index >= 15 is 0 Å². The van der Waals surface area contributed by atoms with E-state index in [0.29, 0.717) is 11.1 Å². The van der Waals surface area contributed by atoms with E-state index in [4.69, 9.17) is 0 Å². The molecule has 1 N–H and O–H groups in total. The summed E-state index contributed by atoms with van der Waals surface area (Å²) in [7, 11) is 0. The number of benzene rings is 3. The van der Waals surface area contributed by atoms with Crippen molar-refractivity contribution in [2.45, 2.75) is 0 Å². The molecule has 0 atom stereocenters. The lowest BCUT2D eigenvalue weighted by Gasteiger charge is -2.04. The molecule has 22 heavy (non-hydrogen) atoms. The average Bonchev–Trinajstić information content (AvgIpc) is 2.54. The number of nitrogens with zero attached hydrogens (tertiary/aromatic N) is 1. The topological polar surface area (TPSA) is 41.5 Å². The Labute approximate surface area is 127 Å². The van der Waals surface area contributed by atoms with Gasteiger partial charge in [-0.3, -0.25) is 4.79 Å². The van der Waals surface area contributed by atoms with Crippen LogP contribution in [0.25, 0.3) is 10.8 Å². The van der Waals surface area contributed by atoms with Crippen molar-refractivity contribution >= 4 is 22.9 Å². The second-order valence-corrected chi connectivity index (χ2v) is 4.78. The van der Waals surface area contributed by atoms with Gasteiger partial charge in [-0.15, -0.1) is 0 Å². The van der Waals surface area contributed by atoms with Crippen molar-refractivity contribution in [1.29, 1.82) is 0 Å². The molecule has 0 bridgehead atoms. The molecule has 0 radical (unpaired) electrons. The van der Waals surface area contributed by atoms with Gasteiger partial charge in [0.1, 0.15) is 5.82 Å². The van der Waals surface area contributed by atoms with E-state index in [0.717, 1.165) is 10.8 Å². The maximum Gasteiger partial charge on any atom is 0.271 e. The quantitative estimate of drug-likeness (QED) is 0.580. The molecule has 3 nitrogen and oxygen atoms in total. The van der Waals surface area contributed by atoms with Crippen LogP contribution in [0.1, 0.15) is 15.9 Å². The van der Waals surface area contributed by atoms with Gasteiger partial charge in [0.05, 0.1) is 6.21 Å². The molecule has 0 spiro atoms. The molecule has 0 aromatic heterocycles. The van der Waals surface area contributed by atoms with E-state index in [1.165, 1.54) is 18.3 Å². The first-order valence-electron chi connectivity index (χ1n) is 6.81. The third-order valence-corrected chi connectivity index (χ3v) is 3.26. The Morgan fingerprint density at radius 3 is 2.64 bits per heavy atom. The molecule has 0 aliphatic heterocycles. The number of carbonyl (C=O) groups is 1. The number of fused-ring (bicyclic) bond motifs is 1. The van der Waals surface area contributed by atoms with Gasteiger partial charge in [-0.25, -0.2) is 9.82 Å². The highest BCUT2D eigenvalue weighted by molar-refractivity contribution is 6.07. The molecule has 0 saturated carbocycles. The SMILES string of the molecule is O=C(NN=Cc1cccc(F)c1)c1cccc2ccccc12. The summed E-state index contributed by atoms with van der Waals surface area (Å²) in [5.74, 6) is -0.645. The van der Waals surface area contributed by atoms with E-state index in [1.54, 1.807) is 18.2 Å². The van der Waals surface area contributed by atoms with Gasteiger partial charge in [-0.05, 0) is 34.5 Å². The molecule has 3 aromatic rings. The van der Waals surface area contributed by atoms with Crippen molar-refractivity contribution in [3.05, 3.63) is 83.7 Å². The van der Waals surface area contributed by atoms with Crippen LogP contribution in [0.5, 0.6) is 0 Å². The maximum atomic E-state index is 13.0. The second kappa shape index (κ2) is 6.18. The Morgan fingerprint density at radius 1 is 1.00 bits per heavy atom. The van der Waals surface area contributed by atoms with Crippen LogP contribution in [0.2, 0.25) is 0 Å². The Hall–Kier alpha value is -3.01. The Morgan fingerprint density at radius 2 is 1.77 bits per heavy atom. The molecule has 4 heteroatoms. The summed E-state index contributed by atoms with van der Waals surface area (Å²) in [6, 6.07) is 19.1. The first kappa shape index (κ1) is 13.9. The third kappa shape index (κ3) is 3.01. The summed E-state index contributed by atoms with van der Waals surface area (Å²) in [5.41, 5.74) is 3.60. The predicted octanol–water partition coefficient (Wildman–Crippen LogP) is 3.74. The van der Waals surface area contributed by atoms with Gasteiger partial charge in [0.15, 0.2) is 0 Å². The number of hydrogen-bond donors (Lipinski definition) is 1. The fourth-order valence-electron chi connectivity index (χ4n) is 2.24. The lowest BCUT2D eigenvalue weighted by atomic mass is 10.0.